The van der Waals surface area contributed by atoms with Crippen molar-refractivity contribution in [2.75, 3.05) is 13.2 Å². The molecule has 1 aliphatic rings. The summed E-state index contributed by atoms with van der Waals surface area (Å²) in [5, 5.41) is 0. The predicted octanol–water partition coefficient (Wildman–Crippen LogP) is 4.12. The second-order valence-electron chi connectivity index (χ2n) is 5.25. The maximum absolute atomic E-state index is 11.9. The SMILES string of the molecule is CCCCCCCCCC(=O)C1CCCOC1. The van der Waals surface area contributed by atoms with Gasteiger partial charge in [0.05, 0.1) is 6.61 Å². The number of carbonyl (C=O) groups excluding carboxylic acids is 1. The molecule has 2 heteroatoms. The van der Waals surface area contributed by atoms with Crippen molar-refractivity contribution in [2.45, 2.75) is 71.1 Å². The van der Waals surface area contributed by atoms with Crippen LogP contribution >= 0.6 is 0 Å². The van der Waals surface area contributed by atoms with Crippen LogP contribution in [0.5, 0.6) is 0 Å². The van der Waals surface area contributed by atoms with Crippen molar-refractivity contribution in [1.82, 2.24) is 0 Å². The Morgan fingerprint density at radius 2 is 1.82 bits per heavy atom. The maximum Gasteiger partial charge on any atom is 0.138 e. The second-order valence-corrected chi connectivity index (χ2v) is 5.25. The zero-order chi connectivity index (χ0) is 12.3. The predicted molar refractivity (Wildman–Crippen MR) is 71.2 cm³/mol. The van der Waals surface area contributed by atoms with Crippen molar-refractivity contribution in [3.8, 4) is 0 Å². The van der Waals surface area contributed by atoms with Gasteiger partial charge < -0.3 is 4.74 Å². The number of hydrogen-bond acceptors (Lipinski definition) is 2. The zero-order valence-corrected chi connectivity index (χ0v) is 11.4. The summed E-state index contributed by atoms with van der Waals surface area (Å²) in [6, 6.07) is 0. The summed E-state index contributed by atoms with van der Waals surface area (Å²) in [5.74, 6) is 0.655. The van der Waals surface area contributed by atoms with Crippen LogP contribution in [-0.2, 0) is 9.53 Å². The molecule has 2 nitrogen and oxygen atoms in total. The van der Waals surface area contributed by atoms with Gasteiger partial charge in [-0.1, -0.05) is 45.4 Å². The average molecular weight is 240 g/mol. The van der Waals surface area contributed by atoms with E-state index in [9.17, 15) is 4.79 Å². The van der Waals surface area contributed by atoms with Gasteiger partial charge in [-0.3, -0.25) is 4.79 Å². The average Bonchev–Trinajstić information content (AvgIpc) is 2.38. The largest absolute Gasteiger partial charge is 0.381 e. The van der Waals surface area contributed by atoms with Crippen LogP contribution in [0.3, 0.4) is 0 Å². The van der Waals surface area contributed by atoms with E-state index in [2.05, 4.69) is 6.92 Å². The summed E-state index contributed by atoms with van der Waals surface area (Å²) in [5.41, 5.74) is 0. The van der Waals surface area contributed by atoms with E-state index in [1.54, 1.807) is 0 Å². The van der Waals surface area contributed by atoms with Crippen molar-refractivity contribution in [3.05, 3.63) is 0 Å². The van der Waals surface area contributed by atoms with Gasteiger partial charge >= 0.3 is 0 Å². The van der Waals surface area contributed by atoms with Crippen LogP contribution in [0.25, 0.3) is 0 Å². The summed E-state index contributed by atoms with van der Waals surface area (Å²) in [6.45, 7) is 3.77. The van der Waals surface area contributed by atoms with Gasteiger partial charge in [-0.15, -0.1) is 0 Å². The normalized spacial score (nSPS) is 20.4. The van der Waals surface area contributed by atoms with Crippen molar-refractivity contribution in [3.63, 3.8) is 0 Å². The Hall–Kier alpha value is -0.370. The van der Waals surface area contributed by atoms with Gasteiger partial charge in [0, 0.05) is 18.9 Å². The van der Waals surface area contributed by atoms with Gasteiger partial charge in [0.25, 0.3) is 0 Å². The fraction of sp³-hybridized carbons (Fsp3) is 0.933. The molecule has 0 N–H and O–H groups in total. The molecule has 100 valence electrons. The topological polar surface area (TPSA) is 26.3 Å². The highest BCUT2D eigenvalue weighted by molar-refractivity contribution is 5.81. The lowest BCUT2D eigenvalue weighted by molar-refractivity contribution is -0.126. The Morgan fingerprint density at radius 1 is 1.12 bits per heavy atom. The van der Waals surface area contributed by atoms with Crippen molar-refractivity contribution in [1.29, 1.82) is 0 Å². The Kier molecular flexibility index (Phi) is 8.33. The first kappa shape index (κ1) is 14.7. The van der Waals surface area contributed by atoms with Crippen LogP contribution in [0.1, 0.15) is 71.1 Å². The van der Waals surface area contributed by atoms with E-state index in [1.165, 1.54) is 38.5 Å². The summed E-state index contributed by atoms with van der Waals surface area (Å²) in [4.78, 5) is 11.9. The lowest BCUT2D eigenvalue weighted by Crippen LogP contribution is -2.25. The van der Waals surface area contributed by atoms with Gasteiger partial charge in [-0.05, 0) is 19.3 Å². The molecule has 0 bridgehead atoms. The third-order valence-corrected chi connectivity index (χ3v) is 3.64. The molecule has 0 aliphatic carbocycles. The van der Waals surface area contributed by atoms with Crippen molar-refractivity contribution in [2.24, 2.45) is 5.92 Å². The van der Waals surface area contributed by atoms with E-state index in [0.29, 0.717) is 12.4 Å². The van der Waals surface area contributed by atoms with E-state index in [1.807, 2.05) is 0 Å². The molecule has 0 aromatic carbocycles. The molecule has 0 aromatic rings. The van der Waals surface area contributed by atoms with Crippen LogP contribution in [0.15, 0.2) is 0 Å². The van der Waals surface area contributed by atoms with E-state index < -0.39 is 0 Å². The van der Waals surface area contributed by atoms with E-state index >= 15 is 0 Å². The van der Waals surface area contributed by atoms with Crippen LogP contribution in [0.4, 0.5) is 0 Å². The number of rotatable bonds is 9. The minimum Gasteiger partial charge on any atom is -0.381 e. The Labute approximate surface area is 106 Å². The summed E-state index contributed by atoms with van der Waals surface area (Å²) < 4.78 is 5.35. The molecule has 1 saturated heterocycles. The van der Waals surface area contributed by atoms with Gasteiger partial charge in [0.1, 0.15) is 5.78 Å². The smallest absolute Gasteiger partial charge is 0.138 e. The second kappa shape index (κ2) is 9.64. The number of Topliss-reactive ketones (excluding diaryl/α,β-unsaturated/α-hetero) is 1. The minimum absolute atomic E-state index is 0.212. The number of ether oxygens (including phenoxy) is 1. The third-order valence-electron chi connectivity index (χ3n) is 3.64. The first-order valence-corrected chi connectivity index (χ1v) is 7.45. The Bertz CT molecular complexity index is 195. The summed E-state index contributed by atoms with van der Waals surface area (Å²) in [6.07, 6.45) is 11.9. The Balaban J connectivity index is 1.92. The number of unbranched alkanes of at least 4 members (excludes halogenated alkanes) is 6. The maximum atomic E-state index is 11.9. The first-order chi connectivity index (χ1) is 8.34. The summed E-state index contributed by atoms with van der Waals surface area (Å²) in [7, 11) is 0. The van der Waals surface area contributed by atoms with Crippen LogP contribution < -0.4 is 0 Å². The molecule has 1 fully saturated rings. The molecular weight excluding hydrogens is 212 g/mol. The molecule has 0 radical (unpaired) electrons. The molecule has 0 spiro atoms. The van der Waals surface area contributed by atoms with Crippen molar-refractivity contribution < 1.29 is 9.53 Å². The minimum atomic E-state index is 0.212. The number of hydrogen-bond donors (Lipinski definition) is 0. The number of carbonyl (C=O) groups is 1. The van der Waals surface area contributed by atoms with Crippen LogP contribution in [0.2, 0.25) is 0 Å². The lowest BCUT2D eigenvalue weighted by Gasteiger charge is -2.20. The standard InChI is InChI=1S/C15H28O2/c1-2-3-4-5-6-7-8-11-15(16)14-10-9-12-17-13-14/h14H,2-13H2,1H3. The van der Waals surface area contributed by atoms with E-state index in [4.69, 9.17) is 4.74 Å². The third kappa shape index (κ3) is 6.82. The molecule has 0 aromatic heterocycles. The Morgan fingerprint density at radius 3 is 2.47 bits per heavy atom. The molecular formula is C15H28O2. The molecule has 1 aliphatic heterocycles. The molecule has 1 rings (SSSR count). The highest BCUT2D eigenvalue weighted by Gasteiger charge is 2.20. The van der Waals surface area contributed by atoms with E-state index in [0.717, 1.165) is 32.3 Å². The fourth-order valence-corrected chi connectivity index (χ4v) is 2.46. The zero-order valence-electron chi connectivity index (χ0n) is 11.4. The highest BCUT2D eigenvalue weighted by atomic mass is 16.5. The highest BCUT2D eigenvalue weighted by Crippen LogP contribution is 2.18. The molecule has 0 amide bonds. The summed E-state index contributed by atoms with van der Waals surface area (Å²) >= 11 is 0. The van der Waals surface area contributed by atoms with Crippen LogP contribution in [-0.4, -0.2) is 19.0 Å². The monoisotopic (exact) mass is 240 g/mol. The van der Waals surface area contributed by atoms with Crippen LogP contribution in [0, 0.1) is 5.92 Å². The number of ketones is 1. The lowest BCUT2D eigenvalue weighted by atomic mass is 9.94. The molecule has 17 heavy (non-hydrogen) atoms. The van der Waals surface area contributed by atoms with Gasteiger partial charge in [0.15, 0.2) is 0 Å². The quantitative estimate of drug-likeness (QED) is 0.567. The molecule has 1 unspecified atom stereocenters. The van der Waals surface area contributed by atoms with Gasteiger partial charge in [-0.2, -0.15) is 0 Å². The first-order valence-electron chi connectivity index (χ1n) is 7.45. The van der Waals surface area contributed by atoms with Gasteiger partial charge in [-0.25, -0.2) is 0 Å². The van der Waals surface area contributed by atoms with Gasteiger partial charge in [0.2, 0.25) is 0 Å². The fourth-order valence-electron chi connectivity index (χ4n) is 2.46. The van der Waals surface area contributed by atoms with Crippen molar-refractivity contribution >= 4 is 5.78 Å². The van der Waals surface area contributed by atoms with E-state index in [-0.39, 0.29) is 5.92 Å². The molecule has 1 heterocycles. The molecule has 0 saturated carbocycles. The molecule has 1 atom stereocenters.